The summed E-state index contributed by atoms with van der Waals surface area (Å²) in [6, 6.07) is 0. The lowest BCUT2D eigenvalue weighted by Gasteiger charge is -2.56. The smallest absolute Gasteiger partial charge is 0.0910 e. The second-order valence-corrected chi connectivity index (χ2v) is 8.87. The van der Waals surface area contributed by atoms with E-state index in [-0.39, 0.29) is 0 Å². The molecule has 0 unspecified atom stereocenters. The fraction of sp³-hybridized carbons (Fsp3) is 1.00. The minimum Gasteiger partial charge on any atom is -0.220 e. The zero-order chi connectivity index (χ0) is 13.8. The maximum atomic E-state index is 16.3. The van der Waals surface area contributed by atoms with Crippen molar-refractivity contribution in [1.29, 1.82) is 0 Å². The monoisotopic (exact) mass is 303 g/mol. The third kappa shape index (κ3) is 3.01. The van der Waals surface area contributed by atoms with Crippen molar-refractivity contribution in [3.8, 4) is 0 Å². The Morgan fingerprint density at radius 3 is 0.950 bits per heavy atom. The molecule has 0 aromatic heterocycles. The topological polar surface area (TPSA) is 9.72 Å². The number of hydrogen-bond donors (Lipinski definition) is 0. The molecule has 0 amide bonds. The lowest BCUT2D eigenvalue weighted by atomic mass is 10.2. The van der Waals surface area contributed by atoms with E-state index in [0.29, 0.717) is 0 Å². The predicted octanol–water partition coefficient (Wildman–Crippen LogP) is 3.88. The van der Waals surface area contributed by atoms with Crippen LogP contribution in [0.4, 0.5) is 3.89 Å². The number of hydrogen-bond acceptors (Lipinski definition) is 3. The highest BCUT2D eigenvalue weighted by Crippen LogP contribution is 2.61. The Balaban J connectivity index is 1.79. The van der Waals surface area contributed by atoms with Crippen LogP contribution >= 0.6 is 11.0 Å². The van der Waals surface area contributed by atoms with Crippen LogP contribution in [0.2, 0.25) is 0 Å². The molecule has 3 aliphatic heterocycles. The Morgan fingerprint density at radius 2 is 0.700 bits per heavy atom. The first-order chi connectivity index (χ1) is 9.82. The molecule has 0 radical (unpaired) electrons. The van der Waals surface area contributed by atoms with Crippen LogP contribution in [-0.2, 0) is 0 Å². The molecule has 118 valence electrons. The minimum atomic E-state index is -2.34. The lowest BCUT2D eigenvalue weighted by molar-refractivity contribution is 0.240. The molecule has 0 aromatic rings. The first-order valence-electron chi connectivity index (χ1n) is 8.60. The van der Waals surface area contributed by atoms with Crippen LogP contribution in [0.25, 0.3) is 0 Å². The van der Waals surface area contributed by atoms with Gasteiger partial charge in [0.25, 0.3) is 0 Å². The second-order valence-electron chi connectivity index (χ2n) is 6.42. The van der Waals surface area contributed by atoms with Gasteiger partial charge in [0.1, 0.15) is 0 Å². The average Bonchev–Trinajstić information content (AvgIpc) is 2.56. The second kappa shape index (κ2) is 6.95. The SMILES string of the molecule is FS(N1CCCCC1)(N1CCCCC1)N1CCCCC1. The summed E-state index contributed by atoms with van der Waals surface area (Å²) in [6.07, 6.45) is 10.9. The lowest BCUT2D eigenvalue weighted by Crippen LogP contribution is -2.51. The van der Waals surface area contributed by atoms with Gasteiger partial charge in [0.15, 0.2) is 0 Å². The van der Waals surface area contributed by atoms with Crippen molar-refractivity contribution in [2.24, 2.45) is 0 Å². The average molecular weight is 303 g/mol. The highest BCUT2D eigenvalue weighted by atomic mass is 32.3. The van der Waals surface area contributed by atoms with Crippen LogP contribution in [0.3, 0.4) is 0 Å². The van der Waals surface area contributed by atoms with Crippen LogP contribution in [0.15, 0.2) is 0 Å². The Labute approximate surface area is 125 Å². The molecule has 0 bridgehead atoms. The summed E-state index contributed by atoms with van der Waals surface area (Å²) in [5.74, 6) is 0. The van der Waals surface area contributed by atoms with Crippen LogP contribution in [0, 0.1) is 0 Å². The molecule has 3 fully saturated rings. The summed E-state index contributed by atoms with van der Waals surface area (Å²) in [7, 11) is -2.34. The number of rotatable bonds is 3. The van der Waals surface area contributed by atoms with Crippen molar-refractivity contribution in [3.63, 3.8) is 0 Å². The Morgan fingerprint density at radius 1 is 0.450 bits per heavy atom. The van der Waals surface area contributed by atoms with Gasteiger partial charge in [-0.15, -0.1) is 3.89 Å². The molecule has 3 nitrogen and oxygen atoms in total. The van der Waals surface area contributed by atoms with E-state index in [9.17, 15) is 0 Å². The van der Waals surface area contributed by atoms with Gasteiger partial charge >= 0.3 is 0 Å². The van der Waals surface area contributed by atoms with E-state index in [1.807, 2.05) is 0 Å². The molecular formula is C15H30FN3S. The van der Waals surface area contributed by atoms with Crippen molar-refractivity contribution < 1.29 is 3.89 Å². The number of halogens is 1. The van der Waals surface area contributed by atoms with E-state index in [1.54, 1.807) is 0 Å². The molecule has 20 heavy (non-hydrogen) atoms. The summed E-state index contributed by atoms with van der Waals surface area (Å²) in [5, 5.41) is 0. The normalized spacial score (nSPS) is 29.4. The molecule has 0 atom stereocenters. The summed E-state index contributed by atoms with van der Waals surface area (Å²) in [4.78, 5) is 0. The van der Waals surface area contributed by atoms with Gasteiger partial charge in [-0.05, 0) is 38.5 Å². The van der Waals surface area contributed by atoms with E-state index < -0.39 is 11.0 Å². The molecule has 3 heterocycles. The molecular weight excluding hydrogens is 273 g/mol. The summed E-state index contributed by atoms with van der Waals surface area (Å²) in [6.45, 7) is 5.83. The van der Waals surface area contributed by atoms with E-state index >= 15 is 3.89 Å². The van der Waals surface area contributed by atoms with Gasteiger partial charge in [-0.1, -0.05) is 19.3 Å². The van der Waals surface area contributed by atoms with Crippen molar-refractivity contribution in [3.05, 3.63) is 0 Å². The first kappa shape index (κ1) is 15.1. The molecule has 0 aliphatic carbocycles. The standard InChI is InChI=1S/C15H30FN3S/c16-20(17-10-4-1-5-11-17,18-12-6-2-7-13-18)19-14-8-3-9-15-19/h1-15H2. The van der Waals surface area contributed by atoms with Crippen LogP contribution in [0.1, 0.15) is 57.8 Å². The third-order valence-electron chi connectivity index (χ3n) is 4.93. The highest BCUT2D eigenvalue weighted by Gasteiger charge is 2.44. The predicted molar refractivity (Wildman–Crippen MR) is 85.0 cm³/mol. The maximum Gasteiger partial charge on any atom is 0.0910 e. The Kier molecular flexibility index (Phi) is 5.23. The molecule has 0 spiro atoms. The minimum absolute atomic E-state index is 0.971. The van der Waals surface area contributed by atoms with E-state index in [2.05, 4.69) is 12.9 Å². The summed E-state index contributed by atoms with van der Waals surface area (Å²) < 4.78 is 23.0. The molecule has 0 N–H and O–H groups in total. The van der Waals surface area contributed by atoms with Gasteiger partial charge < -0.3 is 0 Å². The fourth-order valence-electron chi connectivity index (χ4n) is 3.78. The Hall–Kier alpha value is 0.160. The molecule has 3 saturated heterocycles. The quantitative estimate of drug-likeness (QED) is 0.783. The largest absolute Gasteiger partial charge is 0.220 e. The fourth-order valence-corrected chi connectivity index (χ4v) is 6.93. The van der Waals surface area contributed by atoms with Gasteiger partial charge in [0, 0.05) is 39.3 Å². The Bertz CT molecular complexity index is 252. The van der Waals surface area contributed by atoms with Gasteiger partial charge in [0.05, 0.1) is 11.0 Å². The summed E-state index contributed by atoms with van der Waals surface area (Å²) in [5.41, 5.74) is 0. The number of nitrogens with zero attached hydrogens (tertiary/aromatic N) is 3. The molecule has 3 aliphatic rings. The van der Waals surface area contributed by atoms with Crippen molar-refractivity contribution in [2.75, 3.05) is 39.3 Å². The van der Waals surface area contributed by atoms with Crippen molar-refractivity contribution >= 4 is 11.0 Å². The van der Waals surface area contributed by atoms with Gasteiger partial charge in [-0.2, -0.15) is 0 Å². The third-order valence-corrected chi connectivity index (χ3v) is 8.00. The summed E-state index contributed by atoms with van der Waals surface area (Å²) >= 11 is 0. The van der Waals surface area contributed by atoms with Crippen LogP contribution in [0.5, 0.6) is 0 Å². The van der Waals surface area contributed by atoms with Gasteiger partial charge in [-0.3, -0.25) is 0 Å². The molecule has 3 rings (SSSR count). The van der Waals surface area contributed by atoms with Crippen LogP contribution < -0.4 is 0 Å². The zero-order valence-electron chi connectivity index (χ0n) is 12.7. The van der Waals surface area contributed by atoms with E-state index in [0.717, 1.165) is 39.3 Å². The van der Waals surface area contributed by atoms with E-state index in [4.69, 9.17) is 0 Å². The van der Waals surface area contributed by atoms with Crippen molar-refractivity contribution in [1.82, 2.24) is 12.9 Å². The highest BCUT2D eigenvalue weighted by molar-refractivity contribution is 8.23. The molecule has 0 saturated carbocycles. The molecule has 0 aromatic carbocycles. The zero-order valence-corrected chi connectivity index (χ0v) is 13.6. The van der Waals surface area contributed by atoms with Gasteiger partial charge in [-0.25, -0.2) is 12.9 Å². The maximum absolute atomic E-state index is 16.3. The number of piperidine rings is 3. The van der Waals surface area contributed by atoms with Crippen LogP contribution in [-0.4, -0.2) is 52.2 Å². The van der Waals surface area contributed by atoms with Gasteiger partial charge in [0.2, 0.25) is 0 Å². The van der Waals surface area contributed by atoms with E-state index in [1.165, 1.54) is 57.8 Å². The first-order valence-corrected chi connectivity index (χ1v) is 10.0. The van der Waals surface area contributed by atoms with Crippen molar-refractivity contribution in [2.45, 2.75) is 57.8 Å². The molecule has 5 heteroatoms.